The van der Waals surface area contributed by atoms with Crippen molar-refractivity contribution in [3.8, 4) is 17.4 Å². The number of carboxylic acids is 1. The highest BCUT2D eigenvalue weighted by Crippen LogP contribution is 2.21. The molecule has 1 aromatic heterocycles. The van der Waals surface area contributed by atoms with Crippen LogP contribution in [0, 0.1) is 0 Å². The van der Waals surface area contributed by atoms with Crippen molar-refractivity contribution in [3.63, 3.8) is 0 Å². The summed E-state index contributed by atoms with van der Waals surface area (Å²) in [6.07, 6.45) is 2.43. The van der Waals surface area contributed by atoms with Gasteiger partial charge in [0.2, 0.25) is 5.88 Å². The first-order valence-electron chi connectivity index (χ1n) is 9.95. The van der Waals surface area contributed by atoms with E-state index in [1.54, 1.807) is 36.5 Å². The molecule has 3 rings (SSSR count). The van der Waals surface area contributed by atoms with Gasteiger partial charge in [0.05, 0.1) is 6.42 Å². The average Bonchev–Trinajstić information content (AvgIpc) is 2.77. The third kappa shape index (κ3) is 7.15. The van der Waals surface area contributed by atoms with E-state index in [1.807, 2.05) is 43.3 Å². The lowest BCUT2D eigenvalue weighted by Crippen LogP contribution is -2.14. The van der Waals surface area contributed by atoms with Crippen LogP contribution in [0.4, 0.5) is 0 Å². The maximum Gasteiger partial charge on any atom is 0.307 e. The molecule has 1 N–H and O–H groups in total. The molecule has 7 heteroatoms. The second-order valence-electron chi connectivity index (χ2n) is 6.68. The first-order chi connectivity index (χ1) is 15.1. The first-order valence-corrected chi connectivity index (χ1v) is 9.95. The molecule has 0 saturated heterocycles. The Hall–Kier alpha value is -3.87. The van der Waals surface area contributed by atoms with Gasteiger partial charge in [-0.05, 0) is 42.3 Å². The van der Waals surface area contributed by atoms with Crippen molar-refractivity contribution in [1.29, 1.82) is 0 Å². The van der Waals surface area contributed by atoms with Gasteiger partial charge < -0.3 is 19.4 Å². The van der Waals surface area contributed by atoms with E-state index in [-0.39, 0.29) is 13.0 Å². The Morgan fingerprint density at radius 3 is 2.65 bits per heavy atom. The van der Waals surface area contributed by atoms with E-state index in [0.29, 0.717) is 35.3 Å². The second kappa shape index (κ2) is 11.3. The fourth-order valence-corrected chi connectivity index (χ4v) is 2.72. The quantitative estimate of drug-likeness (QED) is 0.274. The molecule has 0 saturated carbocycles. The van der Waals surface area contributed by atoms with Gasteiger partial charge in [-0.2, -0.15) is 0 Å². The highest BCUT2D eigenvalue weighted by Gasteiger charge is 2.10. The van der Waals surface area contributed by atoms with Gasteiger partial charge in [-0.15, -0.1) is 0 Å². The lowest BCUT2D eigenvalue weighted by molar-refractivity contribution is -0.136. The third-order valence-electron chi connectivity index (χ3n) is 4.13. The predicted octanol–water partition coefficient (Wildman–Crippen LogP) is 4.71. The Kier molecular flexibility index (Phi) is 7.99. The number of ether oxygens (including phenoxy) is 2. The van der Waals surface area contributed by atoms with E-state index in [2.05, 4.69) is 10.1 Å². The van der Waals surface area contributed by atoms with Crippen molar-refractivity contribution < 1.29 is 24.2 Å². The third-order valence-corrected chi connectivity index (χ3v) is 4.13. The number of carbonyl (C=O) groups is 1. The molecule has 2 aromatic carbocycles. The topological polar surface area (TPSA) is 90.2 Å². The minimum atomic E-state index is -0.892. The minimum absolute atomic E-state index is 0.0648. The summed E-state index contributed by atoms with van der Waals surface area (Å²) >= 11 is 0. The van der Waals surface area contributed by atoms with E-state index in [4.69, 9.17) is 19.4 Å². The summed E-state index contributed by atoms with van der Waals surface area (Å²) in [7, 11) is 0. The molecule has 0 bridgehead atoms. The Morgan fingerprint density at radius 2 is 1.87 bits per heavy atom. The summed E-state index contributed by atoms with van der Waals surface area (Å²) in [6, 6.07) is 19.9. The van der Waals surface area contributed by atoms with Crippen LogP contribution in [0.5, 0.6) is 17.4 Å². The van der Waals surface area contributed by atoms with Crippen LogP contribution in [-0.2, 0) is 16.1 Å². The molecular formula is C24H24N2O5. The van der Waals surface area contributed by atoms with Gasteiger partial charge in [0.25, 0.3) is 0 Å². The van der Waals surface area contributed by atoms with E-state index in [1.165, 1.54) is 0 Å². The molecule has 0 spiro atoms. The molecule has 160 valence electrons. The summed E-state index contributed by atoms with van der Waals surface area (Å²) < 4.78 is 11.7. The number of pyridine rings is 1. The van der Waals surface area contributed by atoms with E-state index in [0.717, 1.165) is 12.0 Å². The maximum atomic E-state index is 10.9. The molecule has 0 aliphatic carbocycles. The number of aromatic nitrogens is 1. The molecule has 3 aromatic rings. The van der Waals surface area contributed by atoms with Gasteiger partial charge in [-0.1, -0.05) is 42.4 Å². The molecule has 31 heavy (non-hydrogen) atoms. The minimum Gasteiger partial charge on any atom is -0.487 e. The van der Waals surface area contributed by atoms with E-state index >= 15 is 0 Å². The Balaban J connectivity index is 1.76. The molecule has 0 aliphatic heterocycles. The Labute approximate surface area is 180 Å². The number of rotatable bonds is 11. The van der Waals surface area contributed by atoms with Gasteiger partial charge in [0, 0.05) is 17.8 Å². The van der Waals surface area contributed by atoms with Crippen LogP contribution in [0.3, 0.4) is 0 Å². The van der Waals surface area contributed by atoms with Crippen molar-refractivity contribution in [2.24, 2.45) is 5.16 Å². The van der Waals surface area contributed by atoms with E-state index in [9.17, 15) is 4.79 Å². The monoisotopic (exact) mass is 420 g/mol. The molecular weight excluding hydrogens is 396 g/mol. The first kappa shape index (κ1) is 21.8. The van der Waals surface area contributed by atoms with Crippen LogP contribution in [0.15, 0.2) is 78.1 Å². The molecule has 0 fully saturated rings. The molecule has 0 amide bonds. The number of nitrogens with zero attached hydrogens (tertiary/aromatic N) is 2. The van der Waals surface area contributed by atoms with E-state index < -0.39 is 5.97 Å². The van der Waals surface area contributed by atoms with Crippen molar-refractivity contribution in [3.05, 3.63) is 84.1 Å². The van der Waals surface area contributed by atoms with Crippen LogP contribution in [-0.4, -0.2) is 35.0 Å². The number of hydrogen-bond donors (Lipinski definition) is 1. The van der Waals surface area contributed by atoms with Gasteiger partial charge in [-0.3, -0.25) is 4.79 Å². The molecule has 0 aliphatic rings. The predicted molar refractivity (Wildman–Crippen MR) is 117 cm³/mol. The number of hydrogen-bond acceptors (Lipinski definition) is 6. The fourth-order valence-electron chi connectivity index (χ4n) is 2.72. The number of aliphatic carboxylic acids is 1. The van der Waals surface area contributed by atoms with Crippen molar-refractivity contribution in [2.45, 2.75) is 19.8 Å². The number of carboxylic acid groups (broad SMARTS) is 1. The van der Waals surface area contributed by atoms with Gasteiger partial charge >= 0.3 is 5.97 Å². The molecule has 0 radical (unpaired) electrons. The maximum absolute atomic E-state index is 10.9. The average molecular weight is 420 g/mol. The standard InChI is InChI=1S/C24H24N2O5/c1-2-13-30-26-22(17-29-20-9-5-7-18(14-20)15-24(27)28)19-8-6-10-21(16-19)31-23-11-3-4-12-25-23/h3-12,14,16H,2,13,15,17H2,1H3,(H,27,28). The smallest absolute Gasteiger partial charge is 0.307 e. The van der Waals surface area contributed by atoms with Crippen LogP contribution < -0.4 is 9.47 Å². The van der Waals surface area contributed by atoms with Crippen LogP contribution in [0.1, 0.15) is 24.5 Å². The van der Waals surface area contributed by atoms with Crippen LogP contribution in [0.2, 0.25) is 0 Å². The zero-order valence-electron chi connectivity index (χ0n) is 17.2. The summed E-state index contributed by atoms with van der Waals surface area (Å²) in [5.41, 5.74) is 2.03. The van der Waals surface area contributed by atoms with Crippen molar-refractivity contribution in [2.75, 3.05) is 13.2 Å². The summed E-state index contributed by atoms with van der Waals surface area (Å²) in [5.74, 6) is 0.773. The molecule has 7 nitrogen and oxygen atoms in total. The summed E-state index contributed by atoms with van der Waals surface area (Å²) in [4.78, 5) is 20.5. The highest BCUT2D eigenvalue weighted by atomic mass is 16.6. The highest BCUT2D eigenvalue weighted by molar-refractivity contribution is 6.01. The van der Waals surface area contributed by atoms with Crippen molar-refractivity contribution >= 4 is 11.7 Å². The van der Waals surface area contributed by atoms with Gasteiger partial charge in [0.1, 0.15) is 30.4 Å². The van der Waals surface area contributed by atoms with Crippen LogP contribution >= 0.6 is 0 Å². The lowest BCUT2D eigenvalue weighted by Gasteiger charge is -2.11. The van der Waals surface area contributed by atoms with Gasteiger partial charge in [-0.25, -0.2) is 4.98 Å². The Morgan fingerprint density at radius 1 is 1.03 bits per heavy atom. The lowest BCUT2D eigenvalue weighted by atomic mass is 10.1. The molecule has 0 unspecified atom stereocenters. The SMILES string of the molecule is CCCON=C(COc1cccc(CC(=O)O)c1)c1cccc(Oc2ccccn2)c1. The zero-order chi connectivity index (χ0) is 21.9. The zero-order valence-corrected chi connectivity index (χ0v) is 17.2. The summed E-state index contributed by atoms with van der Waals surface area (Å²) in [5, 5.41) is 13.2. The number of benzene rings is 2. The van der Waals surface area contributed by atoms with Crippen LogP contribution in [0.25, 0.3) is 0 Å². The van der Waals surface area contributed by atoms with Crippen molar-refractivity contribution in [1.82, 2.24) is 4.98 Å². The fraction of sp³-hybridized carbons (Fsp3) is 0.208. The molecule has 0 atom stereocenters. The second-order valence-corrected chi connectivity index (χ2v) is 6.68. The normalized spacial score (nSPS) is 11.1. The largest absolute Gasteiger partial charge is 0.487 e. The Bertz CT molecular complexity index is 1020. The van der Waals surface area contributed by atoms with Gasteiger partial charge in [0.15, 0.2) is 0 Å². The molecule has 1 heterocycles. The number of oxime groups is 1. The summed E-state index contributed by atoms with van der Waals surface area (Å²) in [6.45, 7) is 2.63.